The maximum absolute atomic E-state index is 12.3. The van der Waals surface area contributed by atoms with Gasteiger partial charge in [0.1, 0.15) is 12.4 Å². The molecule has 0 aliphatic carbocycles. The van der Waals surface area contributed by atoms with Crippen molar-refractivity contribution in [2.24, 2.45) is 0 Å². The van der Waals surface area contributed by atoms with Gasteiger partial charge >= 0.3 is 0 Å². The van der Waals surface area contributed by atoms with Crippen LogP contribution in [0.3, 0.4) is 0 Å². The van der Waals surface area contributed by atoms with Crippen molar-refractivity contribution < 1.29 is 4.79 Å². The number of aromatic nitrogens is 5. The average Bonchev–Trinajstić information content (AvgIpc) is 2.93. The van der Waals surface area contributed by atoms with Gasteiger partial charge in [-0.25, -0.2) is 4.68 Å². The Morgan fingerprint density at radius 1 is 1.11 bits per heavy atom. The Hall–Kier alpha value is -3.49. The highest BCUT2D eigenvalue weighted by Gasteiger charge is 2.16. The van der Waals surface area contributed by atoms with Gasteiger partial charge in [0, 0.05) is 36.3 Å². The van der Waals surface area contributed by atoms with Gasteiger partial charge in [0.2, 0.25) is 5.91 Å². The number of H-pyrrole nitrogens is 1. The topological polar surface area (TPSA) is 115 Å². The summed E-state index contributed by atoms with van der Waals surface area (Å²) in [7, 11) is 0. The largest absolute Gasteiger partial charge is 0.324 e. The van der Waals surface area contributed by atoms with E-state index in [1.165, 1.54) is 6.42 Å². The van der Waals surface area contributed by atoms with Crippen LogP contribution in [0.25, 0.3) is 11.4 Å². The number of nitrogens with zero attached hydrogens (tertiary/aromatic N) is 4. The lowest BCUT2D eigenvalue weighted by Crippen LogP contribution is -2.32. The molecule has 0 saturated heterocycles. The molecule has 9 nitrogen and oxygen atoms in total. The zero-order valence-electron chi connectivity index (χ0n) is 15.2. The van der Waals surface area contributed by atoms with Gasteiger partial charge in [0.25, 0.3) is 11.1 Å². The lowest BCUT2D eigenvalue weighted by Gasteiger charge is -2.10. The molecule has 3 heterocycles. The molecule has 0 radical (unpaired) electrons. The highest BCUT2D eigenvalue weighted by molar-refractivity contribution is 5.91. The molecule has 3 aromatic rings. The number of rotatable bonds is 4. The van der Waals surface area contributed by atoms with E-state index in [0.717, 1.165) is 59.8 Å². The minimum absolute atomic E-state index is 0.278. The molecule has 0 atom stereocenters. The smallest absolute Gasteiger partial charge is 0.265 e. The molecule has 0 bridgehead atoms. The van der Waals surface area contributed by atoms with Crippen molar-refractivity contribution in [1.82, 2.24) is 24.5 Å². The molecule has 0 spiro atoms. The summed E-state index contributed by atoms with van der Waals surface area (Å²) in [6, 6.07) is 9.61. The second kappa shape index (κ2) is 7.63. The Morgan fingerprint density at radius 3 is 2.89 bits per heavy atom. The van der Waals surface area contributed by atoms with Crippen molar-refractivity contribution in [2.45, 2.75) is 38.8 Å². The molecular weight excluding hydrogens is 360 g/mol. The zero-order chi connectivity index (χ0) is 19.5. The van der Waals surface area contributed by atoms with Crippen LogP contribution in [0.5, 0.6) is 0 Å². The molecule has 1 aliphatic heterocycles. The van der Waals surface area contributed by atoms with Crippen LogP contribution in [0, 0.1) is 0 Å². The van der Waals surface area contributed by atoms with Crippen LogP contribution in [-0.2, 0) is 24.3 Å². The minimum Gasteiger partial charge on any atom is -0.324 e. The van der Waals surface area contributed by atoms with Gasteiger partial charge in [-0.3, -0.25) is 19.5 Å². The van der Waals surface area contributed by atoms with Crippen LogP contribution in [0.1, 0.15) is 25.1 Å². The first-order chi connectivity index (χ1) is 13.6. The van der Waals surface area contributed by atoms with E-state index < -0.39 is 17.0 Å². The van der Waals surface area contributed by atoms with Crippen molar-refractivity contribution in [3.63, 3.8) is 0 Å². The second-order valence-corrected chi connectivity index (χ2v) is 6.76. The van der Waals surface area contributed by atoms with Gasteiger partial charge < -0.3 is 9.88 Å². The number of benzene rings is 1. The number of hydrogen-bond donors (Lipinski definition) is 2. The van der Waals surface area contributed by atoms with E-state index in [2.05, 4.69) is 25.2 Å². The molecule has 0 saturated carbocycles. The fourth-order valence-corrected chi connectivity index (χ4v) is 3.36. The van der Waals surface area contributed by atoms with Gasteiger partial charge in [0.05, 0.1) is 0 Å². The average molecular weight is 380 g/mol. The van der Waals surface area contributed by atoms with Gasteiger partial charge in [-0.2, -0.15) is 0 Å². The van der Waals surface area contributed by atoms with E-state index in [4.69, 9.17) is 0 Å². The van der Waals surface area contributed by atoms with Gasteiger partial charge in [0.15, 0.2) is 5.82 Å². The first-order valence-corrected chi connectivity index (χ1v) is 9.23. The zero-order valence-corrected chi connectivity index (χ0v) is 15.2. The van der Waals surface area contributed by atoms with Crippen LogP contribution >= 0.6 is 0 Å². The van der Waals surface area contributed by atoms with Crippen molar-refractivity contribution >= 4 is 11.6 Å². The number of aryl methyl sites for hydroxylation is 1. The van der Waals surface area contributed by atoms with Crippen LogP contribution in [0.15, 0.2) is 46.0 Å². The number of carbonyl (C=O) groups excluding carboxylic acids is 1. The summed E-state index contributed by atoms with van der Waals surface area (Å²) in [5, 5.41) is 13.7. The maximum Gasteiger partial charge on any atom is 0.265 e. The van der Waals surface area contributed by atoms with Gasteiger partial charge in [-0.15, -0.1) is 10.2 Å². The number of hydrogen-bond acceptors (Lipinski definition) is 5. The number of amides is 1. The van der Waals surface area contributed by atoms with Gasteiger partial charge in [-0.1, -0.05) is 18.6 Å². The Bertz CT molecular complexity index is 1130. The Labute approximate surface area is 160 Å². The lowest BCUT2D eigenvalue weighted by molar-refractivity contribution is -0.117. The first-order valence-electron chi connectivity index (χ1n) is 9.23. The predicted molar refractivity (Wildman–Crippen MR) is 103 cm³/mol. The van der Waals surface area contributed by atoms with Crippen LogP contribution in [-0.4, -0.2) is 30.5 Å². The monoisotopic (exact) mass is 380 g/mol. The molecule has 1 aromatic carbocycles. The quantitative estimate of drug-likeness (QED) is 0.705. The van der Waals surface area contributed by atoms with E-state index in [9.17, 15) is 14.4 Å². The normalized spacial score (nSPS) is 13.6. The molecule has 4 rings (SSSR count). The summed E-state index contributed by atoms with van der Waals surface area (Å²) in [5.74, 6) is 1.37. The molecule has 9 heteroatoms. The predicted octanol–water partition coefficient (Wildman–Crippen LogP) is 1.16. The van der Waals surface area contributed by atoms with E-state index in [-0.39, 0.29) is 6.54 Å². The maximum atomic E-state index is 12.3. The summed E-state index contributed by atoms with van der Waals surface area (Å²) in [4.78, 5) is 35.4. The summed E-state index contributed by atoms with van der Waals surface area (Å²) in [6.07, 6.45) is 4.32. The fraction of sp³-hybridized carbons (Fsp3) is 0.316. The number of fused-ring (bicyclic) bond motifs is 1. The van der Waals surface area contributed by atoms with Gasteiger partial charge in [-0.05, 0) is 25.0 Å². The third-order valence-corrected chi connectivity index (χ3v) is 4.70. The standard InChI is InChI=1S/C19H20N6O3/c26-16-8-9-18(28)25(23-16)12-17(27)20-14-6-4-5-13(11-14)19-22-21-15-7-2-1-3-10-24(15)19/h4-6,8-9,11H,1-3,7,10,12H2,(H,20,27)(H,23,26). The molecule has 0 unspecified atom stereocenters. The van der Waals surface area contributed by atoms with E-state index in [1.807, 2.05) is 18.2 Å². The molecule has 28 heavy (non-hydrogen) atoms. The summed E-state index contributed by atoms with van der Waals surface area (Å²) < 4.78 is 3.11. The molecule has 144 valence electrons. The molecule has 2 aromatic heterocycles. The Kier molecular flexibility index (Phi) is 4.88. The van der Waals surface area contributed by atoms with Crippen LogP contribution in [0.2, 0.25) is 0 Å². The molecule has 1 aliphatic rings. The number of nitrogens with one attached hydrogen (secondary N) is 2. The van der Waals surface area contributed by atoms with Crippen LogP contribution < -0.4 is 16.4 Å². The number of anilines is 1. The lowest BCUT2D eigenvalue weighted by atomic mass is 10.2. The Balaban J connectivity index is 1.54. The van der Waals surface area contributed by atoms with Crippen molar-refractivity contribution in [3.8, 4) is 11.4 Å². The third kappa shape index (κ3) is 3.78. The van der Waals surface area contributed by atoms with E-state index >= 15 is 0 Å². The summed E-state index contributed by atoms with van der Waals surface area (Å²) in [5.41, 5.74) is 0.556. The summed E-state index contributed by atoms with van der Waals surface area (Å²) in [6.45, 7) is 0.609. The van der Waals surface area contributed by atoms with E-state index in [0.29, 0.717) is 5.69 Å². The highest BCUT2D eigenvalue weighted by atomic mass is 16.2. The molecular formula is C19H20N6O3. The molecule has 0 fully saturated rings. The number of aromatic amines is 1. The first kappa shape index (κ1) is 17.9. The SMILES string of the molecule is O=C(Cn1[nH]c(=O)ccc1=O)Nc1cccc(-c2nnc3n2CCCCC3)c1. The number of carbonyl (C=O) groups is 1. The van der Waals surface area contributed by atoms with Crippen molar-refractivity contribution in [3.05, 3.63) is 62.9 Å². The molecule has 2 N–H and O–H groups in total. The second-order valence-electron chi connectivity index (χ2n) is 6.76. The fourth-order valence-electron chi connectivity index (χ4n) is 3.36. The third-order valence-electron chi connectivity index (χ3n) is 4.70. The highest BCUT2D eigenvalue weighted by Crippen LogP contribution is 2.24. The van der Waals surface area contributed by atoms with Crippen LogP contribution in [0.4, 0.5) is 5.69 Å². The molecule has 1 amide bonds. The minimum atomic E-state index is -0.449. The summed E-state index contributed by atoms with van der Waals surface area (Å²) >= 11 is 0. The van der Waals surface area contributed by atoms with E-state index in [1.54, 1.807) is 6.07 Å². The Morgan fingerprint density at radius 2 is 2.00 bits per heavy atom. The van der Waals surface area contributed by atoms with Crippen molar-refractivity contribution in [2.75, 3.05) is 5.32 Å². The van der Waals surface area contributed by atoms with Crippen molar-refractivity contribution in [1.29, 1.82) is 0 Å².